The lowest BCUT2D eigenvalue weighted by Gasteiger charge is -2.11. The van der Waals surface area contributed by atoms with E-state index in [0.717, 1.165) is 22.9 Å². The highest BCUT2D eigenvalue weighted by molar-refractivity contribution is 7.00. The van der Waals surface area contributed by atoms with Crippen molar-refractivity contribution in [3.63, 3.8) is 0 Å². The number of anilines is 1. The first-order valence-electron chi connectivity index (χ1n) is 6.15. The minimum Gasteiger partial charge on any atom is -0.378 e. The monoisotopic (exact) mass is 341 g/mol. The summed E-state index contributed by atoms with van der Waals surface area (Å²) in [5.41, 5.74) is 3.83. The van der Waals surface area contributed by atoms with E-state index in [-0.39, 0.29) is 5.82 Å². The Hall–Kier alpha value is -1.43. The Labute approximate surface area is 135 Å². The van der Waals surface area contributed by atoms with Crippen LogP contribution < -0.4 is 5.32 Å². The quantitative estimate of drug-likeness (QED) is 0.723. The summed E-state index contributed by atoms with van der Waals surface area (Å²) in [7, 11) is 0. The number of rotatable bonds is 3. The molecule has 0 fully saturated rings. The molecule has 0 aliphatic heterocycles. The van der Waals surface area contributed by atoms with E-state index in [1.807, 2.05) is 6.92 Å². The predicted octanol–water partition coefficient (Wildman–Crippen LogP) is 5.06. The van der Waals surface area contributed by atoms with E-state index in [4.69, 9.17) is 23.2 Å². The van der Waals surface area contributed by atoms with Crippen molar-refractivity contribution < 1.29 is 4.39 Å². The minimum absolute atomic E-state index is 0.244. The summed E-state index contributed by atoms with van der Waals surface area (Å²) in [5, 5.41) is 4.20. The van der Waals surface area contributed by atoms with Crippen LogP contribution in [0.4, 0.5) is 10.1 Å². The second-order valence-electron chi connectivity index (χ2n) is 4.60. The molecule has 0 aliphatic rings. The first-order chi connectivity index (χ1) is 10.1. The molecule has 0 spiro atoms. The second kappa shape index (κ2) is 5.75. The maximum Gasteiger partial charge on any atom is 0.130 e. The van der Waals surface area contributed by atoms with E-state index in [1.165, 1.54) is 12.1 Å². The zero-order valence-corrected chi connectivity index (χ0v) is 13.3. The van der Waals surface area contributed by atoms with Crippen molar-refractivity contribution in [1.82, 2.24) is 8.75 Å². The van der Waals surface area contributed by atoms with E-state index < -0.39 is 0 Å². The van der Waals surface area contributed by atoms with Crippen LogP contribution in [0.15, 0.2) is 24.3 Å². The smallest absolute Gasteiger partial charge is 0.130 e. The van der Waals surface area contributed by atoms with Crippen LogP contribution in [0.3, 0.4) is 0 Å². The first-order valence-corrected chi connectivity index (χ1v) is 7.64. The molecule has 1 aromatic heterocycles. The average molecular weight is 342 g/mol. The van der Waals surface area contributed by atoms with Gasteiger partial charge in [0.1, 0.15) is 16.9 Å². The van der Waals surface area contributed by atoms with E-state index in [9.17, 15) is 4.39 Å². The molecule has 1 N–H and O–H groups in total. The Morgan fingerprint density at radius 1 is 1.14 bits per heavy atom. The molecule has 0 bridgehead atoms. The minimum atomic E-state index is -0.244. The fourth-order valence-electron chi connectivity index (χ4n) is 2.08. The summed E-state index contributed by atoms with van der Waals surface area (Å²) in [4.78, 5) is 0. The number of nitrogens with one attached hydrogen (secondary N) is 1. The fraction of sp³-hybridized carbons (Fsp3) is 0.143. The molecular weight excluding hydrogens is 332 g/mol. The van der Waals surface area contributed by atoms with Crippen molar-refractivity contribution in [3.8, 4) is 0 Å². The predicted molar refractivity (Wildman–Crippen MR) is 85.9 cm³/mol. The summed E-state index contributed by atoms with van der Waals surface area (Å²) in [6.45, 7) is 2.38. The molecule has 3 rings (SSSR count). The largest absolute Gasteiger partial charge is 0.378 e. The molecule has 0 radical (unpaired) electrons. The standard InChI is InChI=1S/C14H10Cl2FN3S/c1-7-4-9(17)3-2-8(7)6-18-12-10(15)5-11(16)13-14(12)20-21-19-13/h2-5,18H,6H2,1H3. The van der Waals surface area contributed by atoms with E-state index in [0.29, 0.717) is 33.3 Å². The first kappa shape index (κ1) is 14.5. The molecule has 7 heteroatoms. The number of hydrogen-bond acceptors (Lipinski definition) is 4. The summed E-state index contributed by atoms with van der Waals surface area (Å²) >= 11 is 13.4. The Kier molecular flexibility index (Phi) is 3.97. The molecule has 0 unspecified atom stereocenters. The van der Waals surface area contributed by atoms with E-state index in [1.54, 1.807) is 12.1 Å². The molecule has 3 aromatic rings. The van der Waals surface area contributed by atoms with Gasteiger partial charge in [0, 0.05) is 6.54 Å². The molecule has 0 saturated heterocycles. The van der Waals surface area contributed by atoms with Crippen molar-refractivity contribution in [2.75, 3.05) is 5.32 Å². The lowest BCUT2D eigenvalue weighted by atomic mass is 10.1. The lowest BCUT2D eigenvalue weighted by molar-refractivity contribution is 0.625. The molecular formula is C14H10Cl2FN3S. The van der Waals surface area contributed by atoms with Crippen molar-refractivity contribution in [2.45, 2.75) is 13.5 Å². The highest BCUT2D eigenvalue weighted by Gasteiger charge is 2.14. The van der Waals surface area contributed by atoms with Gasteiger partial charge in [0.05, 0.1) is 27.5 Å². The van der Waals surface area contributed by atoms with Gasteiger partial charge in [0.15, 0.2) is 0 Å². The third-order valence-electron chi connectivity index (χ3n) is 3.20. The van der Waals surface area contributed by atoms with Gasteiger partial charge in [0.25, 0.3) is 0 Å². The molecule has 0 atom stereocenters. The number of aryl methyl sites for hydroxylation is 1. The molecule has 0 amide bonds. The van der Waals surface area contributed by atoms with Gasteiger partial charge in [-0.1, -0.05) is 29.3 Å². The zero-order chi connectivity index (χ0) is 15.0. The Bertz CT molecular complexity index is 819. The number of fused-ring (bicyclic) bond motifs is 1. The topological polar surface area (TPSA) is 37.8 Å². The van der Waals surface area contributed by atoms with Crippen LogP contribution in [0.5, 0.6) is 0 Å². The number of nitrogens with zero attached hydrogens (tertiary/aromatic N) is 2. The second-order valence-corrected chi connectivity index (χ2v) is 5.94. The van der Waals surface area contributed by atoms with E-state index in [2.05, 4.69) is 14.1 Å². The summed E-state index contributed by atoms with van der Waals surface area (Å²) < 4.78 is 21.5. The highest BCUT2D eigenvalue weighted by Crippen LogP contribution is 2.35. The Morgan fingerprint density at radius 2 is 1.90 bits per heavy atom. The maximum atomic E-state index is 13.1. The van der Waals surface area contributed by atoms with Crippen molar-refractivity contribution >= 4 is 51.7 Å². The molecule has 0 saturated carbocycles. The molecule has 21 heavy (non-hydrogen) atoms. The van der Waals surface area contributed by atoms with Crippen molar-refractivity contribution in [2.24, 2.45) is 0 Å². The molecule has 2 aromatic carbocycles. The molecule has 3 nitrogen and oxygen atoms in total. The van der Waals surface area contributed by atoms with Crippen molar-refractivity contribution in [3.05, 3.63) is 51.3 Å². The van der Waals surface area contributed by atoms with Crippen LogP contribution >= 0.6 is 34.9 Å². The highest BCUT2D eigenvalue weighted by atomic mass is 35.5. The summed E-state index contributed by atoms with van der Waals surface area (Å²) in [6, 6.07) is 6.33. The van der Waals surface area contributed by atoms with Gasteiger partial charge >= 0.3 is 0 Å². The average Bonchev–Trinajstić information content (AvgIpc) is 2.90. The van der Waals surface area contributed by atoms with Crippen LogP contribution in [0.2, 0.25) is 10.0 Å². The van der Waals surface area contributed by atoms with Gasteiger partial charge in [-0.15, -0.1) is 0 Å². The van der Waals surface area contributed by atoms with Crippen LogP contribution in [-0.4, -0.2) is 8.75 Å². The Balaban J connectivity index is 1.93. The Morgan fingerprint density at radius 3 is 2.67 bits per heavy atom. The number of benzene rings is 2. The third kappa shape index (κ3) is 2.81. The van der Waals surface area contributed by atoms with Gasteiger partial charge < -0.3 is 5.32 Å². The van der Waals surface area contributed by atoms with Gasteiger partial charge in [-0.05, 0) is 36.2 Å². The molecule has 1 heterocycles. The van der Waals surface area contributed by atoms with E-state index >= 15 is 0 Å². The number of hydrogen-bond donors (Lipinski definition) is 1. The third-order valence-corrected chi connectivity index (χ3v) is 4.32. The maximum absolute atomic E-state index is 13.1. The summed E-state index contributed by atoms with van der Waals surface area (Å²) in [5.74, 6) is -0.244. The van der Waals surface area contributed by atoms with Crippen molar-refractivity contribution in [1.29, 1.82) is 0 Å². The fourth-order valence-corrected chi connectivity index (χ4v) is 3.26. The van der Waals surface area contributed by atoms with Crippen LogP contribution in [0.25, 0.3) is 11.0 Å². The van der Waals surface area contributed by atoms with Gasteiger partial charge in [-0.3, -0.25) is 0 Å². The number of halogens is 3. The van der Waals surface area contributed by atoms with Gasteiger partial charge in [-0.25, -0.2) is 4.39 Å². The van der Waals surface area contributed by atoms with Gasteiger partial charge in [0.2, 0.25) is 0 Å². The molecule has 108 valence electrons. The van der Waals surface area contributed by atoms with Gasteiger partial charge in [-0.2, -0.15) is 8.75 Å². The SMILES string of the molecule is Cc1cc(F)ccc1CNc1c(Cl)cc(Cl)c2nsnc12. The van der Waals surface area contributed by atoms with Crippen LogP contribution in [0, 0.1) is 12.7 Å². The van der Waals surface area contributed by atoms with Crippen LogP contribution in [-0.2, 0) is 6.54 Å². The van der Waals surface area contributed by atoms with Crippen LogP contribution in [0.1, 0.15) is 11.1 Å². The lowest BCUT2D eigenvalue weighted by Crippen LogP contribution is -2.03. The zero-order valence-electron chi connectivity index (χ0n) is 11.0. The normalized spacial score (nSPS) is 11.0. The summed E-state index contributed by atoms with van der Waals surface area (Å²) in [6.07, 6.45) is 0. The molecule has 0 aliphatic carbocycles. The number of aromatic nitrogens is 2.